The number of nitrogens with one attached hydrogen (secondary N) is 1. The highest BCUT2D eigenvalue weighted by Crippen LogP contribution is 2.26. The zero-order valence-electron chi connectivity index (χ0n) is 16.2. The Morgan fingerprint density at radius 1 is 1.15 bits per heavy atom. The van der Waals surface area contributed by atoms with Gasteiger partial charge in [0.2, 0.25) is 0 Å². The monoisotopic (exact) mass is 369 g/mol. The summed E-state index contributed by atoms with van der Waals surface area (Å²) >= 11 is 0. The fourth-order valence-corrected chi connectivity index (χ4v) is 3.35. The minimum Gasteiger partial charge on any atom is -0.504 e. The fraction of sp³-hybridized carbons (Fsp3) is 0.381. The Kier molecular flexibility index (Phi) is 5.74. The van der Waals surface area contributed by atoms with Gasteiger partial charge in [-0.2, -0.15) is 0 Å². The van der Waals surface area contributed by atoms with Crippen LogP contribution >= 0.6 is 0 Å². The minimum absolute atomic E-state index is 0.0670. The van der Waals surface area contributed by atoms with E-state index in [1.165, 1.54) is 23.9 Å². The molecule has 2 aromatic rings. The van der Waals surface area contributed by atoms with Gasteiger partial charge in [-0.3, -0.25) is 0 Å². The van der Waals surface area contributed by atoms with Gasteiger partial charge < -0.3 is 25.0 Å². The molecule has 0 bridgehead atoms. The number of carbonyl (C=O) groups excluding carboxylic acids is 1. The average molecular weight is 369 g/mol. The third kappa shape index (κ3) is 4.27. The summed E-state index contributed by atoms with van der Waals surface area (Å²) in [6.07, 6.45) is 0. The minimum atomic E-state index is -0.0670. The molecule has 1 fully saturated rings. The van der Waals surface area contributed by atoms with E-state index in [1.807, 2.05) is 4.90 Å². The lowest BCUT2D eigenvalue weighted by Gasteiger charge is -2.37. The number of carbonyl (C=O) groups is 1. The fourth-order valence-electron chi connectivity index (χ4n) is 3.35. The molecule has 6 heteroatoms. The van der Waals surface area contributed by atoms with Crippen molar-refractivity contribution in [3.8, 4) is 11.5 Å². The van der Waals surface area contributed by atoms with Crippen molar-refractivity contribution < 1.29 is 14.6 Å². The van der Waals surface area contributed by atoms with Crippen molar-refractivity contribution in [3.63, 3.8) is 0 Å². The third-order valence-electron chi connectivity index (χ3n) is 5.17. The van der Waals surface area contributed by atoms with Crippen LogP contribution < -0.4 is 15.0 Å². The Labute approximate surface area is 160 Å². The first-order valence-electron chi connectivity index (χ1n) is 9.19. The SMILES string of the molecule is COc1cc(CNC(=O)N2CCN(c3cccc(C)c3C)CC2)ccc1O. The quantitative estimate of drug-likeness (QED) is 0.869. The molecule has 3 rings (SSSR count). The molecular formula is C21H27N3O3. The molecule has 2 N–H and O–H groups in total. The third-order valence-corrected chi connectivity index (χ3v) is 5.17. The van der Waals surface area contributed by atoms with Crippen molar-refractivity contribution in [1.29, 1.82) is 0 Å². The van der Waals surface area contributed by atoms with Gasteiger partial charge in [0.1, 0.15) is 0 Å². The van der Waals surface area contributed by atoms with E-state index >= 15 is 0 Å². The van der Waals surface area contributed by atoms with Crippen LogP contribution in [0.25, 0.3) is 0 Å². The van der Waals surface area contributed by atoms with Gasteiger partial charge in [0.15, 0.2) is 11.5 Å². The van der Waals surface area contributed by atoms with Crippen molar-refractivity contribution >= 4 is 11.7 Å². The number of phenolic OH excluding ortho intramolecular Hbond substituents is 1. The summed E-state index contributed by atoms with van der Waals surface area (Å²) < 4.78 is 5.10. The normalized spacial score (nSPS) is 14.2. The molecule has 0 aromatic heterocycles. The predicted molar refractivity (Wildman–Crippen MR) is 107 cm³/mol. The van der Waals surface area contributed by atoms with E-state index in [0.29, 0.717) is 25.4 Å². The van der Waals surface area contributed by atoms with Gasteiger partial charge in [-0.1, -0.05) is 18.2 Å². The smallest absolute Gasteiger partial charge is 0.317 e. The lowest BCUT2D eigenvalue weighted by Crippen LogP contribution is -2.51. The summed E-state index contributed by atoms with van der Waals surface area (Å²) in [5.74, 6) is 0.499. The van der Waals surface area contributed by atoms with Crippen molar-refractivity contribution in [3.05, 3.63) is 53.1 Å². The average Bonchev–Trinajstić information content (AvgIpc) is 2.69. The predicted octanol–water partition coefficient (Wildman–Crippen LogP) is 3.05. The van der Waals surface area contributed by atoms with E-state index < -0.39 is 0 Å². The van der Waals surface area contributed by atoms with Gasteiger partial charge in [0, 0.05) is 38.4 Å². The van der Waals surface area contributed by atoms with Crippen molar-refractivity contribution in [1.82, 2.24) is 10.2 Å². The first kappa shape index (κ1) is 18.9. The van der Waals surface area contributed by atoms with Gasteiger partial charge in [-0.15, -0.1) is 0 Å². The standard InChI is InChI=1S/C21H27N3O3/c1-15-5-4-6-18(16(15)2)23-9-11-24(12-10-23)21(26)22-14-17-7-8-19(25)20(13-17)27-3/h4-8,13,25H,9-12,14H2,1-3H3,(H,22,26). The number of methoxy groups -OCH3 is 1. The Bertz CT molecular complexity index is 814. The number of amides is 2. The molecule has 27 heavy (non-hydrogen) atoms. The second-order valence-corrected chi connectivity index (χ2v) is 6.86. The number of hydrogen-bond acceptors (Lipinski definition) is 4. The van der Waals surface area contributed by atoms with Crippen LogP contribution in [0.4, 0.5) is 10.5 Å². The van der Waals surface area contributed by atoms with E-state index in [4.69, 9.17) is 4.74 Å². The van der Waals surface area contributed by atoms with Gasteiger partial charge in [-0.25, -0.2) is 4.79 Å². The van der Waals surface area contributed by atoms with Crippen LogP contribution in [0.1, 0.15) is 16.7 Å². The van der Waals surface area contributed by atoms with E-state index in [-0.39, 0.29) is 11.8 Å². The van der Waals surface area contributed by atoms with Crippen molar-refractivity contribution in [2.24, 2.45) is 0 Å². The highest BCUT2D eigenvalue weighted by molar-refractivity contribution is 5.74. The van der Waals surface area contributed by atoms with Crippen LogP contribution in [-0.2, 0) is 6.54 Å². The maximum atomic E-state index is 12.5. The van der Waals surface area contributed by atoms with Crippen LogP contribution in [0.2, 0.25) is 0 Å². The Morgan fingerprint density at radius 2 is 1.89 bits per heavy atom. The zero-order valence-corrected chi connectivity index (χ0v) is 16.2. The molecule has 0 saturated carbocycles. The molecule has 0 spiro atoms. The van der Waals surface area contributed by atoms with E-state index in [2.05, 4.69) is 42.3 Å². The Hall–Kier alpha value is -2.89. The molecule has 6 nitrogen and oxygen atoms in total. The molecule has 0 atom stereocenters. The summed E-state index contributed by atoms with van der Waals surface area (Å²) in [7, 11) is 1.51. The van der Waals surface area contributed by atoms with E-state index in [9.17, 15) is 9.90 Å². The topological polar surface area (TPSA) is 65.0 Å². The van der Waals surface area contributed by atoms with Gasteiger partial charge in [-0.05, 0) is 48.7 Å². The van der Waals surface area contributed by atoms with Gasteiger partial charge >= 0.3 is 6.03 Å². The Balaban J connectivity index is 1.53. The summed E-state index contributed by atoms with van der Waals surface area (Å²) in [6, 6.07) is 11.4. The number of aromatic hydroxyl groups is 1. The number of anilines is 1. The first-order chi connectivity index (χ1) is 13.0. The number of aryl methyl sites for hydroxylation is 1. The molecule has 1 aliphatic rings. The number of urea groups is 1. The molecule has 2 aromatic carbocycles. The molecular weight excluding hydrogens is 342 g/mol. The van der Waals surface area contributed by atoms with Crippen LogP contribution in [0.3, 0.4) is 0 Å². The maximum absolute atomic E-state index is 12.5. The molecule has 2 amide bonds. The van der Waals surface area contributed by atoms with Crippen molar-refractivity contribution in [2.75, 3.05) is 38.2 Å². The van der Waals surface area contributed by atoms with Crippen LogP contribution in [-0.4, -0.2) is 49.3 Å². The number of hydrogen-bond donors (Lipinski definition) is 2. The molecule has 0 radical (unpaired) electrons. The van der Waals surface area contributed by atoms with Crippen LogP contribution in [0.5, 0.6) is 11.5 Å². The molecule has 1 saturated heterocycles. The molecule has 144 valence electrons. The lowest BCUT2D eigenvalue weighted by atomic mass is 10.1. The Morgan fingerprint density at radius 3 is 2.59 bits per heavy atom. The summed E-state index contributed by atoms with van der Waals surface area (Å²) in [5, 5.41) is 12.6. The van der Waals surface area contributed by atoms with Crippen LogP contribution in [0, 0.1) is 13.8 Å². The number of benzene rings is 2. The number of phenols is 1. The summed E-state index contributed by atoms with van der Waals surface area (Å²) in [5.41, 5.74) is 4.73. The number of nitrogens with zero attached hydrogens (tertiary/aromatic N) is 2. The second kappa shape index (κ2) is 8.20. The maximum Gasteiger partial charge on any atom is 0.317 e. The summed E-state index contributed by atoms with van der Waals surface area (Å²) in [6.45, 7) is 7.70. The lowest BCUT2D eigenvalue weighted by molar-refractivity contribution is 0.194. The first-order valence-corrected chi connectivity index (χ1v) is 9.19. The highest BCUT2D eigenvalue weighted by atomic mass is 16.5. The summed E-state index contributed by atoms with van der Waals surface area (Å²) in [4.78, 5) is 16.7. The van der Waals surface area contributed by atoms with Crippen LogP contribution in [0.15, 0.2) is 36.4 Å². The number of ether oxygens (including phenoxy) is 1. The molecule has 1 heterocycles. The largest absolute Gasteiger partial charge is 0.504 e. The van der Waals surface area contributed by atoms with E-state index in [1.54, 1.807) is 18.2 Å². The number of rotatable bonds is 4. The molecule has 0 unspecified atom stereocenters. The second-order valence-electron chi connectivity index (χ2n) is 6.86. The van der Waals surface area contributed by atoms with E-state index in [0.717, 1.165) is 18.7 Å². The number of piperazine rings is 1. The zero-order chi connectivity index (χ0) is 19.4. The molecule has 1 aliphatic heterocycles. The van der Waals surface area contributed by atoms with Crippen molar-refractivity contribution in [2.45, 2.75) is 20.4 Å². The van der Waals surface area contributed by atoms with Gasteiger partial charge in [0.05, 0.1) is 7.11 Å². The molecule has 0 aliphatic carbocycles. The highest BCUT2D eigenvalue weighted by Gasteiger charge is 2.22. The van der Waals surface area contributed by atoms with Gasteiger partial charge in [0.25, 0.3) is 0 Å².